The lowest BCUT2D eigenvalue weighted by Crippen LogP contribution is -2.43. The summed E-state index contributed by atoms with van der Waals surface area (Å²) in [6.45, 7) is 1.99. The second kappa shape index (κ2) is 7.68. The summed E-state index contributed by atoms with van der Waals surface area (Å²) < 4.78 is 0. The molecular formula is C19H23N3O4. The minimum absolute atomic E-state index is 0.215. The highest BCUT2D eigenvalue weighted by molar-refractivity contribution is 6.45. The van der Waals surface area contributed by atoms with E-state index >= 15 is 0 Å². The van der Waals surface area contributed by atoms with Crippen molar-refractivity contribution in [1.82, 2.24) is 15.1 Å². The van der Waals surface area contributed by atoms with Crippen LogP contribution in [-0.2, 0) is 20.8 Å². The Kier molecular flexibility index (Phi) is 5.35. The first-order chi connectivity index (χ1) is 12.5. The summed E-state index contributed by atoms with van der Waals surface area (Å²) in [7, 11) is 0. The van der Waals surface area contributed by atoms with Crippen LogP contribution in [0.3, 0.4) is 0 Å². The van der Waals surface area contributed by atoms with Crippen LogP contribution in [0.25, 0.3) is 0 Å². The number of nitrogens with zero attached hydrogens (tertiary/aromatic N) is 2. The Hall–Kier alpha value is -2.70. The van der Waals surface area contributed by atoms with E-state index in [0.29, 0.717) is 13.0 Å². The zero-order chi connectivity index (χ0) is 18.7. The molecule has 0 bridgehead atoms. The lowest BCUT2D eigenvalue weighted by Gasteiger charge is -2.20. The molecular weight excluding hydrogens is 334 g/mol. The fraction of sp³-hybridized carbons (Fsp3) is 0.474. The van der Waals surface area contributed by atoms with Gasteiger partial charge in [0.05, 0.1) is 0 Å². The molecule has 1 heterocycles. The fourth-order valence-corrected chi connectivity index (χ4v) is 3.57. The van der Waals surface area contributed by atoms with Gasteiger partial charge in [-0.25, -0.2) is 9.69 Å². The van der Waals surface area contributed by atoms with Gasteiger partial charge in [-0.3, -0.25) is 19.3 Å². The quantitative estimate of drug-likeness (QED) is 0.616. The predicted octanol–water partition coefficient (Wildman–Crippen LogP) is 1.39. The van der Waals surface area contributed by atoms with E-state index in [4.69, 9.17) is 0 Å². The van der Waals surface area contributed by atoms with Gasteiger partial charge in [-0.1, -0.05) is 37.1 Å². The molecule has 7 nitrogen and oxygen atoms in total. The molecule has 1 N–H and O–H groups in total. The van der Waals surface area contributed by atoms with Crippen LogP contribution in [0, 0.1) is 6.92 Å². The first kappa shape index (κ1) is 18.1. The molecule has 1 aromatic rings. The van der Waals surface area contributed by atoms with E-state index in [1.165, 1.54) is 0 Å². The normalized spacial score (nSPS) is 18.1. The summed E-state index contributed by atoms with van der Waals surface area (Å²) in [4.78, 5) is 50.5. The van der Waals surface area contributed by atoms with Crippen molar-refractivity contribution in [2.24, 2.45) is 0 Å². The maximum Gasteiger partial charge on any atom is 0.334 e. The molecule has 0 unspecified atom stereocenters. The number of benzene rings is 1. The summed E-state index contributed by atoms with van der Waals surface area (Å²) in [6.07, 6.45) is 3.99. The van der Waals surface area contributed by atoms with Crippen LogP contribution in [0.15, 0.2) is 24.3 Å². The standard InChI is InChI=1S/C19H23N3O4/c1-13-6-2-3-7-14(13)10-11-20-16(23)12-21-17(24)18(25)22(19(21)26)15-8-4-5-9-15/h2-3,6-7,15H,4-5,8-12H2,1H3,(H,20,23). The number of carbonyl (C=O) groups is 4. The molecule has 1 aromatic carbocycles. The summed E-state index contributed by atoms with van der Waals surface area (Å²) in [5.74, 6) is -2.16. The maximum absolute atomic E-state index is 12.4. The Morgan fingerprint density at radius 1 is 1.12 bits per heavy atom. The largest absolute Gasteiger partial charge is 0.354 e. The molecule has 0 atom stereocenters. The van der Waals surface area contributed by atoms with Gasteiger partial charge in [0, 0.05) is 12.6 Å². The highest BCUT2D eigenvalue weighted by atomic mass is 16.2. The van der Waals surface area contributed by atoms with E-state index < -0.39 is 30.3 Å². The highest BCUT2D eigenvalue weighted by Crippen LogP contribution is 2.27. The van der Waals surface area contributed by atoms with Gasteiger partial charge in [0.2, 0.25) is 5.91 Å². The zero-order valence-corrected chi connectivity index (χ0v) is 14.9. The lowest BCUT2D eigenvalue weighted by atomic mass is 10.1. The topological polar surface area (TPSA) is 86.8 Å². The molecule has 138 valence electrons. The van der Waals surface area contributed by atoms with E-state index in [1.807, 2.05) is 31.2 Å². The van der Waals surface area contributed by atoms with E-state index in [0.717, 1.165) is 46.6 Å². The number of urea groups is 1. The second-order valence-corrected chi connectivity index (χ2v) is 6.81. The van der Waals surface area contributed by atoms with Gasteiger partial charge in [0.15, 0.2) is 0 Å². The molecule has 0 radical (unpaired) electrons. The molecule has 1 saturated heterocycles. The van der Waals surface area contributed by atoms with E-state index in [9.17, 15) is 19.2 Å². The molecule has 0 spiro atoms. The zero-order valence-electron chi connectivity index (χ0n) is 14.9. The number of hydrogen-bond donors (Lipinski definition) is 1. The van der Waals surface area contributed by atoms with Crippen LogP contribution in [0.4, 0.5) is 4.79 Å². The Morgan fingerprint density at radius 2 is 1.81 bits per heavy atom. The smallest absolute Gasteiger partial charge is 0.334 e. The van der Waals surface area contributed by atoms with Gasteiger partial charge >= 0.3 is 17.8 Å². The summed E-state index contributed by atoms with van der Waals surface area (Å²) in [5, 5.41) is 2.71. The first-order valence-corrected chi connectivity index (χ1v) is 8.99. The average Bonchev–Trinajstić information content (AvgIpc) is 3.20. The minimum Gasteiger partial charge on any atom is -0.354 e. The van der Waals surface area contributed by atoms with Crippen molar-refractivity contribution in [1.29, 1.82) is 0 Å². The van der Waals surface area contributed by atoms with Crippen molar-refractivity contribution in [3.8, 4) is 0 Å². The van der Waals surface area contributed by atoms with Crippen molar-refractivity contribution >= 4 is 23.8 Å². The Bertz CT molecular complexity index is 740. The third kappa shape index (κ3) is 3.61. The summed E-state index contributed by atoms with van der Waals surface area (Å²) in [5.41, 5.74) is 2.27. The molecule has 2 aliphatic rings. The van der Waals surface area contributed by atoms with Gasteiger partial charge in [-0.2, -0.15) is 0 Å². The number of aryl methyl sites for hydroxylation is 1. The molecule has 26 heavy (non-hydrogen) atoms. The second-order valence-electron chi connectivity index (χ2n) is 6.81. The van der Waals surface area contributed by atoms with Gasteiger partial charge in [0.1, 0.15) is 6.54 Å². The summed E-state index contributed by atoms with van der Waals surface area (Å²) >= 11 is 0. The Labute approximate surface area is 152 Å². The lowest BCUT2D eigenvalue weighted by molar-refractivity contribution is -0.144. The molecule has 3 rings (SSSR count). The van der Waals surface area contributed by atoms with E-state index in [2.05, 4.69) is 5.32 Å². The van der Waals surface area contributed by atoms with Crippen molar-refractivity contribution in [3.63, 3.8) is 0 Å². The number of imide groups is 2. The molecule has 1 aliphatic heterocycles. The van der Waals surface area contributed by atoms with Gasteiger partial charge in [0.25, 0.3) is 0 Å². The number of rotatable bonds is 6. The van der Waals surface area contributed by atoms with E-state index in [1.54, 1.807) is 0 Å². The minimum atomic E-state index is -0.907. The maximum atomic E-state index is 12.4. The highest BCUT2D eigenvalue weighted by Gasteiger charge is 2.48. The molecule has 7 heteroatoms. The number of carbonyl (C=O) groups excluding carboxylic acids is 4. The number of amides is 5. The van der Waals surface area contributed by atoms with Crippen molar-refractivity contribution in [2.75, 3.05) is 13.1 Å². The molecule has 1 saturated carbocycles. The van der Waals surface area contributed by atoms with Crippen LogP contribution in [0.1, 0.15) is 36.8 Å². The fourth-order valence-electron chi connectivity index (χ4n) is 3.57. The van der Waals surface area contributed by atoms with Crippen molar-refractivity contribution in [3.05, 3.63) is 35.4 Å². The SMILES string of the molecule is Cc1ccccc1CCNC(=O)CN1C(=O)C(=O)N(C2CCCC2)C1=O. The Morgan fingerprint density at radius 3 is 2.50 bits per heavy atom. The van der Waals surface area contributed by atoms with Gasteiger partial charge < -0.3 is 5.32 Å². The van der Waals surface area contributed by atoms with Crippen LogP contribution in [0.2, 0.25) is 0 Å². The van der Waals surface area contributed by atoms with Crippen molar-refractivity contribution < 1.29 is 19.2 Å². The molecule has 1 aliphatic carbocycles. The monoisotopic (exact) mass is 357 g/mol. The third-order valence-corrected chi connectivity index (χ3v) is 5.05. The number of nitrogens with one attached hydrogen (secondary N) is 1. The first-order valence-electron chi connectivity index (χ1n) is 8.99. The Balaban J connectivity index is 1.53. The van der Waals surface area contributed by atoms with Gasteiger partial charge in [-0.15, -0.1) is 0 Å². The van der Waals surface area contributed by atoms with Crippen LogP contribution in [0.5, 0.6) is 0 Å². The van der Waals surface area contributed by atoms with Crippen LogP contribution >= 0.6 is 0 Å². The van der Waals surface area contributed by atoms with Gasteiger partial charge in [-0.05, 0) is 37.3 Å². The summed E-state index contributed by atoms with van der Waals surface area (Å²) in [6, 6.07) is 7.01. The molecule has 5 amide bonds. The molecule has 0 aromatic heterocycles. The van der Waals surface area contributed by atoms with E-state index in [-0.39, 0.29) is 6.04 Å². The van der Waals surface area contributed by atoms with Crippen molar-refractivity contribution in [2.45, 2.75) is 45.1 Å². The van der Waals surface area contributed by atoms with Crippen LogP contribution < -0.4 is 5.32 Å². The third-order valence-electron chi connectivity index (χ3n) is 5.05. The molecule has 2 fully saturated rings. The predicted molar refractivity (Wildman–Crippen MR) is 94.1 cm³/mol. The number of hydrogen-bond acceptors (Lipinski definition) is 4. The average molecular weight is 357 g/mol. The van der Waals surface area contributed by atoms with Crippen LogP contribution in [-0.4, -0.2) is 52.7 Å².